The molecule has 1 fully saturated rings. The van der Waals surface area contributed by atoms with Crippen LogP contribution in [0.15, 0.2) is 41.5 Å². The first-order valence-corrected chi connectivity index (χ1v) is 10.4. The molecule has 0 spiro atoms. The second-order valence-corrected chi connectivity index (χ2v) is 8.51. The lowest BCUT2D eigenvalue weighted by Gasteiger charge is -2.42. The Balaban J connectivity index is 1.70. The van der Waals surface area contributed by atoms with Crippen LogP contribution >= 0.6 is 0 Å². The molecule has 0 unspecified atom stereocenters. The molecule has 2 atom stereocenters. The van der Waals surface area contributed by atoms with E-state index in [1.165, 1.54) is 6.20 Å². The van der Waals surface area contributed by atoms with Gasteiger partial charge in [0.15, 0.2) is 0 Å². The number of hydrogen-bond acceptors (Lipinski definition) is 6. The molecular weight excluding hydrogens is 396 g/mol. The molecule has 3 heterocycles. The van der Waals surface area contributed by atoms with Crippen molar-refractivity contribution in [2.24, 2.45) is 0 Å². The van der Waals surface area contributed by atoms with Gasteiger partial charge in [-0.05, 0) is 51.8 Å². The minimum absolute atomic E-state index is 0.0402. The number of pyridine rings is 2. The van der Waals surface area contributed by atoms with E-state index in [4.69, 9.17) is 0 Å². The van der Waals surface area contributed by atoms with E-state index >= 15 is 0 Å². The first kappa shape index (κ1) is 20.9. The second-order valence-electron chi connectivity index (χ2n) is 8.51. The van der Waals surface area contributed by atoms with Crippen molar-refractivity contribution >= 4 is 28.6 Å². The van der Waals surface area contributed by atoms with Crippen LogP contribution in [-0.2, 0) is 0 Å². The van der Waals surface area contributed by atoms with Crippen molar-refractivity contribution in [3.63, 3.8) is 0 Å². The van der Waals surface area contributed by atoms with Gasteiger partial charge in [-0.1, -0.05) is 0 Å². The Labute approximate surface area is 180 Å². The molecule has 0 aliphatic heterocycles. The molecule has 4 rings (SSSR count). The molecule has 9 nitrogen and oxygen atoms in total. The average Bonchev–Trinajstić information content (AvgIpc) is 3.16. The van der Waals surface area contributed by atoms with E-state index in [-0.39, 0.29) is 23.6 Å². The number of carbonyl (C=O) groups excluding carboxylic acids is 1. The summed E-state index contributed by atoms with van der Waals surface area (Å²) in [6, 6.07) is 6.92. The van der Waals surface area contributed by atoms with Crippen LogP contribution in [0.5, 0.6) is 0 Å². The number of fused-ring (bicyclic) bond motifs is 1. The maximum Gasteiger partial charge on any atom is 0.274 e. The third-order valence-electron chi connectivity index (χ3n) is 5.92. The smallest absolute Gasteiger partial charge is 0.274 e. The number of nitrogens with one attached hydrogen (secondary N) is 3. The van der Waals surface area contributed by atoms with Crippen molar-refractivity contribution in [1.82, 2.24) is 19.5 Å². The van der Waals surface area contributed by atoms with Crippen LogP contribution in [0.1, 0.15) is 50.0 Å². The van der Waals surface area contributed by atoms with Crippen LogP contribution < -0.4 is 21.5 Å². The fourth-order valence-electron chi connectivity index (χ4n) is 3.85. The third kappa shape index (κ3) is 3.76. The van der Waals surface area contributed by atoms with Gasteiger partial charge in [0.25, 0.3) is 11.5 Å². The highest BCUT2D eigenvalue weighted by Gasteiger charge is 2.42. The number of hydrogen-bond donors (Lipinski definition) is 4. The number of aromatic nitrogens is 3. The Bertz CT molecular complexity index is 1190. The second kappa shape index (κ2) is 7.73. The summed E-state index contributed by atoms with van der Waals surface area (Å²) >= 11 is 0. The van der Waals surface area contributed by atoms with E-state index in [2.05, 4.69) is 21.0 Å². The van der Waals surface area contributed by atoms with Crippen molar-refractivity contribution in [2.45, 2.75) is 51.3 Å². The summed E-state index contributed by atoms with van der Waals surface area (Å²) in [5.74, 6) is 0.371. The highest BCUT2D eigenvalue weighted by Crippen LogP contribution is 2.32. The van der Waals surface area contributed by atoms with Gasteiger partial charge >= 0.3 is 0 Å². The van der Waals surface area contributed by atoms with Gasteiger partial charge in [-0.15, -0.1) is 0 Å². The van der Waals surface area contributed by atoms with Crippen LogP contribution in [0.4, 0.5) is 17.2 Å². The zero-order valence-corrected chi connectivity index (χ0v) is 18.1. The van der Waals surface area contributed by atoms with Crippen molar-refractivity contribution in [3.8, 4) is 0 Å². The summed E-state index contributed by atoms with van der Waals surface area (Å²) in [5.41, 5.74) is 1.08. The molecule has 164 valence electrons. The van der Waals surface area contributed by atoms with Crippen molar-refractivity contribution in [3.05, 3.63) is 52.6 Å². The fourth-order valence-corrected chi connectivity index (χ4v) is 3.85. The zero-order chi connectivity index (χ0) is 22.3. The molecule has 3 aromatic heterocycles. The number of carbonyl (C=O) groups is 1. The Hall–Kier alpha value is -3.33. The van der Waals surface area contributed by atoms with Gasteiger partial charge in [-0.3, -0.25) is 9.59 Å². The topological polar surface area (TPSA) is 113 Å². The third-order valence-corrected chi connectivity index (χ3v) is 5.92. The minimum atomic E-state index is -0.884. The molecule has 0 saturated heterocycles. The molecule has 1 amide bonds. The van der Waals surface area contributed by atoms with Crippen LogP contribution in [0, 0.1) is 0 Å². The van der Waals surface area contributed by atoms with Crippen molar-refractivity contribution in [2.75, 3.05) is 17.7 Å². The maximum absolute atomic E-state index is 12.9. The van der Waals surface area contributed by atoms with E-state index in [0.29, 0.717) is 34.7 Å². The molecule has 4 N–H and O–H groups in total. The highest BCUT2D eigenvalue weighted by atomic mass is 16.3. The van der Waals surface area contributed by atoms with Gasteiger partial charge in [-0.25, -0.2) is 4.52 Å². The van der Waals surface area contributed by atoms with E-state index < -0.39 is 5.60 Å². The first-order valence-electron chi connectivity index (χ1n) is 10.4. The number of amides is 1. The Morgan fingerprint density at radius 1 is 1.35 bits per heavy atom. The molecule has 1 aliphatic rings. The lowest BCUT2D eigenvalue weighted by atomic mass is 9.76. The van der Waals surface area contributed by atoms with Gasteiger partial charge in [0, 0.05) is 31.0 Å². The van der Waals surface area contributed by atoms with Gasteiger partial charge in [0.05, 0.1) is 28.9 Å². The lowest BCUT2D eigenvalue weighted by molar-refractivity contribution is -0.0486. The van der Waals surface area contributed by atoms with Crippen LogP contribution in [0.3, 0.4) is 0 Å². The van der Waals surface area contributed by atoms with Gasteiger partial charge in [-0.2, -0.15) is 5.10 Å². The van der Waals surface area contributed by atoms with Crippen LogP contribution in [-0.4, -0.2) is 43.9 Å². The monoisotopic (exact) mass is 424 g/mol. The molecule has 31 heavy (non-hydrogen) atoms. The van der Waals surface area contributed by atoms with E-state index in [9.17, 15) is 14.7 Å². The number of aliphatic hydroxyl groups is 1. The van der Waals surface area contributed by atoms with Crippen LogP contribution in [0.25, 0.3) is 5.52 Å². The van der Waals surface area contributed by atoms with Crippen molar-refractivity contribution < 1.29 is 9.90 Å². The molecule has 1 aliphatic carbocycles. The zero-order valence-electron chi connectivity index (χ0n) is 18.1. The normalized spacial score (nSPS) is 20.5. The van der Waals surface area contributed by atoms with Gasteiger partial charge in [0.2, 0.25) is 0 Å². The summed E-state index contributed by atoms with van der Waals surface area (Å²) < 4.78 is 3.29. The quantitative estimate of drug-likeness (QED) is 0.484. The highest BCUT2D eigenvalue weighted by molar-refractivity contribution is 6.01. The number of rotatable bonds is 6. The summed E-state index contributed by atoms with van der Waals surface area (Å²) in [7, 11) is 1.76. The largest absolute Gasteiger partial charge is 0.388 e. The van der Waals surface area contributed by atoms with E-state index in [1.807, 2.05) is 26.0 Å². The van der Waals surface area contributed by atoms with Gasteiger partial charge in [0.1, 0.15) is 11.5 Å². The molecule has 1 saturated carbocycles. The lowest BCUT2D eigenvalue weighted by Crippen LogP contribution is -2.58. The van der Waals surface area contributed by atoms with E-state index in [0.717, 1.165) is 6.42 Å². The summed E-state index contributed by atoms with van der Waals surface area (Å²) in [6.07, 6.45) is 4.67. The Kier molecular flexibility index (Phi) is 5.22. The predicted octanol–water partition coefficient (Wildman–Crippen LogP) is 2.51. The summed E-state index contributed by atoms with van der Waals surface area (Å²) in [6.45, 7) is 5.63. The standard InChI is InChI=1S/C22H28N6O3/c1-13(2)27-9-5-6-16(21(27)30)25-14-10-17-15(12-24-28(17)19(11-14)23-4)20(29)26-18-7-8-22(18,3)31/h5-6,9-13,18,23,25,31H,7-8H2,1-4H3,(H,26,29)/t18-,22+/m0/s1. The summed E-state index contributed by atoms with van der Waals surface area (Å²) in [5, 5.41) is 23.7. The predicted molar refractivity (Wildman–Crippen MR) is 120 cm³/mol. The SMILES string of the molecule is CNc1cc(Nc2cccn(C(C)C)c2=O)cc2c(C(=O)N[C@H]3CC[C@@]3(C)O)cnn12. The molecule has 0 aromatic carbocycles. The Morgan fingerprint density at radius 3 is 2.74 bits per heavy atom. The van der Waals surface area contributed by atoms with Crippen molar-refractivity contribution in [1.29, 1.82) is 0 Å². The molecule has 9 heteroatoms. The first-order chi connectivity index (χ1) is 14.7. The molecular formula is C22H28N6O3. The average molecular weight is 425 g/mol. The van der Waals surface area contributed by atoms with Gasteiger partial charge < -0.3 is 25.6 Å². The van der Waals surface area contributed by atoms with Crippen LogP contribution in [0.2, 0.25) is 0 Å². The number of nitrogens with zero attached hydrogens (tertiary/aromatic N) is 3. The molecule has 0 bridgehead atoms. The minimum Gasteiger partial charge on any atom is -0.388 e. The molecule has 3 aromatic rings. The molecule has 0 radical (unpaired) electrons. The maximum atomic E-state index is 12.9. The van der Waals surface area contributed by atoms with E-state index in [1.54, 1.807) is 41.4 Å². The summed E-state index contributed by atoms with van der Waals surface area (Å²) in [4.78, 5) is 25.6. The fraction of sp³-hybridized carbons (Fsp3) is 0.409. The number of anilines is 3. The Morgan fingerprint density at radius 2 is 2.13 bits per heavy atom.